The van der Waals surface area contributed by atoms with Gasteiger partial charge in [0.05, 0.1) is 6.42 Å². The zero-order valence-corrected chi connectivity index (χ0v) is 18.0. The molecule has 3 aromatic rings. The number of amides is 1. The number of Topliss-reactive ketones (excluding diaryl/α,β-unsaturated/α-hetero) is 1. The number of aliphatic carboxylic acids is 1. The fourth-order valence-electron chi connectivity index (χ4n) is 3.26. The second-order valence-corrected chi connectivity index (χ2v) is 7.40. The average Bonchev–Trinajstić information content (AvgIpc) is 2.85. The van der Waals surface area contributed by atoms with E-state index < -0.39 is 49.0 Å². The van der Waals surface area contributed by atoms with E-state index in [0.717, 1.165) is 5.39 Å². The van der Waals surface area contributed by atoms with Crippen molar-refractivity contribution < 1.29 is 38.9 Å². The largest absolute Gasteiger partial charge is 0.481 e. The van der Waals surface area contributed by atoms with Gasteiger partial charge in [-0.1, -0.05) is 72.8 Å². The Balaban J connectivity index is 1.58. The van der Waals surface area contributed by atoms with Crippen LogP contribution in [0.2, 0.25) is 0 Å². The predicted octanol–water partition coefficient (Wildman–Crippen LogP) is 2.76. The third-order valence-corrected chi connectivity index (χ3v) is 4.97. The molecule has 0 saturated heterocycles. The van der Waals surface area contributed by atoms with Crippen LogP contribution < -0.4 is 5.32 Å². The van der Waals surface area contributed by atoms with Gasteiger partial charge in [0.2, 0.25) is 0 Å². The fourth-order valence-corrected chi connectivity index (χ4v) is 3.26. The standard InChI is InChI=1S/C25H23NO8/c27-21(20(13-22(28)29)26-25(32)34-14-16-7-2-1-3-8-16)15-33-24(31)23(30)19-12-6-10-17-9-4-5-11-18(17)19/h1-12,20,23,30H,13-15H2,(H,26,32)(H,28,29). The van der Waals surface area contributed by atoms with E-state index in [1.165, 1.54) is 0 Å². The number of hydrogen-bond donors (Lipinski definition) is 3. The highest BCUT2D eigenvalue weighted by Gasteiger charge is 2.27. The second-order valence-electron chi connectivity index (χ2n) is 7.40. The topological polar surface area (TPSA) is 139 Å². The van der Waals surface area contributed by atoms with Gasteiger partial charge in [-0.25, -0.2) is 9.59 Å². The molecule has 0 aliphatic carbocycles. The summed E-state index contributed by atoms with van der Waals surface area (Å²) >= 11 is 0. The van der Waals surface area contributed by atoms with Gasteiger partial charge in [0.25, 0.3) is 0 Å². The SMILES string of the molecule is O=C(O)CC(NC(=O)OCc1ccccc1)C(=O)COC(=O)C(O)c1cccc2ccccc12. The van der Waals surface area contributed by atoms with Crippen molar-refractivity contribution in [3.05, 3.63) is 83.9 Å². The van der Waals surface area contributed by atoms with Gasteiger partial charge in [-0.05, 0) is 21.9 Å². The molecule has 0 heterocycles. The Bertz CT molecular complexity index is 1170. The predicted molar refractivity (Wildman–Crippen MR) is 121 cm³/mol. The molecule has 2 atom stereocenters. The molecule has 0 aliphatic heterocycles. The first-order valence-corrected chi connectivity index (χ1v) is 10.4. The van der Waals surface area contributed by atoms with Gasteiger partial charge < -0.3 is 25.0 Å². The average molecular weight is 465 g/mol. The van der Waals surface area contributed by atoms with E-state index in [0.29, 0.717) is 16.5 Å². The van der Waals surface area contributed by atoms with Crippen LogP contribution in [-0.2, 0) is 30.5 Å². The molecule has 0 saturated carbocycles. The number of ether oxygens (including phenoxy) is 2. The highest BCUT2D eigenvalue weighted by atomic mass is 16.6. The number of fused-ring (bicyclic) bond motifs is 1. The maximum Gasteiger partial charge on any atom is 0.408 e. The molecule has 9 heteroatoms. The van der Waals surface area contributed by atoms with Gasteiger partial charge >= 0.3 is 18.0 Å². The lowest BCUT2D eigenvalue weighted by molar-refractivity contribution is -0.157. The summed E-state index contributed by atoms with van der Waals surface area (Å²) in [6.07, 6.45) is -3.38. The monoisotopic (exact) mass is 465 g/mol. The molecule has 0 spiro atoms. The first-order valence-electron chi connectivity index (χ1n) is 10.4. The van der Waals surface area contributed by atoms with Crippen molar-refractivity contribution in [1.82, 2.24) is 5.32 Å². The maximum absolute atomic E-state index is 12.5. The number of carbonyl (C=O) groups excluding carboxylic acids is 3. The van der Waals surface area contributed by atoms with Crippen molar-refractivity contribution in [1.29, 1.82) is 0 Å². The summed E-state index contributed by atoms with van der Waals surface area (Å²) in [5.74, 6) is -3.29. The Hall–Kier alpha value is -4.24. The van der Waals surface area contributed by atoms with E-state index >= 15 is 0 Å². The van der Waals surface area contributed by atoms with Gasteiger partial charge in [0, 0.05) is 0 Å². The maximum atomic E-state index is 12.5. The number of aliphatic hydroxyl groups excluding tert-OH is 1. The number of carboxylic acids is 1. The van der Waals surface area contributed by atoms with E-state index in [4.69, 9.17) is 14.6 Å². The molecule has 3 rings (SSSR count). The Morgan fingerprint density at radius 2 is 1.53 bits per heavy atom. The lowest BCUT2D eigenvalue weighted by atomic mass is 10.0. The van der Waals surface area contributed by atoms with Gasteiger partial charge in [-0.15, -0.1) is 0 Å². The Morgan fingerprint density at radius 1 is 0.853 bits per heavy atom. The van der Waals surface area contributed by atoms with E-state index in [9.17, 15) is 24.3 Å². The van der Waals surface area contributed by atoms with Crippen molar-refractivity contribution >= 4 is 34.6 Å². The number of nitrogens with one attached hydrogen (secondary N) is 1. The van der Waals surface area contributed by atoms with Crippen LogP contribution in [0.1, 0.15) is 23.7 Å². The lowest BCUT2D eigenvalue weighted by Gasteiger charge is -2.17. The first kappa shape index (κ1) is 24.4. The molecule has 0 bridgehead atoms. The van der Waals surface area contributed by atoms with E-state index in [-0.39, 0.29) is 6.61 Å². The zero-order valence-electron chi connectivity index (χ0n) is 18.0. The van der Waals surface area contributed by atoms with E-state index in [1.807, 2.05) is 18.2 Å². The number of benzene rings is 3. The number of rotatable bonds is 10. The molecule has 0 aliphatic rings. The summed E-state index contributed by atoms with van der Waals surface area (Å²) in [5.41, 5.74) is 1.01. The molecule has 176 valence electrons. The molecule has 0 radical (unpaired) electrons. The van der Waals surface area contributed by atoms with Gasteiger partial charge in [0.1, 0.15) is 12.6 Å². The van der Waals surface area contributed by atoms with E-state index in [2.05, 4.69) is 5.32 Å². The number of aliphatic hydroxyl groups is 1. The highest BCUT2D eigenvalue weighted by Crippen LogP contribution is 2.25. The summed E-state index contributed by atoms with van der Waals surface area (Å²) in [4.78, 5) is 48.0. The molecular weight excluding hydrogens is 442 g/mol. The van der Waals surface area contributed by atoms with Crippen LogP contribution in [0.4, 0.5) is 4.79 Å². The quantitative estimate of drug-likeness (QED) is 0.389. The highest BCUT2D eigenvalue weighted by molar-refractivity contribution is 5.94. The van der Waals surface area contributed by atoms with Crippen LogP contribution in [0.25, 0.3) is 10.8 Å². The molecule has 9 nitrogen and oxygen atoms in total. The summed E-state index contributed by atoms with van der Waals surface area (Å²) in [7, 11) is 0. The van der Waals surface area contributed by atoms with Gasteiger partial charge in [0.15, 0.2) is 18.5 Å². The number of carboxylic acid groups (broad SMARTS) is 1. The minimum atomic E-state index is -1.65. The molecule has 1 amide bonds. The van der Waals surface area contributed by atoms with Crippen molar-refractivity contribution in [3.8, 4) is 0 Å². The molecule has 34 heavy (non-hydrogen) atoms. The lowest BCUT2D eigenvalue weighted by Crippen LogP contribution is -2.44. The van der Waals surface area contributed by atoms with Crippen LogP contribution in [-0.4, -0.2) is 46.7 Å². The van der Waals surface area contributed by atoms with Crippen LogP contribution in [0, 0.1) is 0 Å². The summed E-state index contributed by atoms with van der Waals surface area (Å²) in [6, 6.07) is 19.5. The number of esters is 1. The molecule has 3 aromatic carbocycles. The van der Waals surface area contributed by atoms with Crippen molar-refractivity contribution in [3.63, 3.8) is 0 Å². The number of carbonyl (C=O) groups is 4. The third-order valence-electron chi connectivity index (χ3n) is 4.97. The molecule has 2 unspecified atom stereocenters. The van der Waals surface area contributed by atoms with Crippen LogP contribution >= 0.6 is 0 Å². The van der Waals surface area contributed by atoms with E-state index in [1.54, 1.807) is 54.6 Å². The third kappa shape index (κ3) is 6.63. The molecule has 3 N–H and O–H groups in total. The number of hydrogen-bond acceptors (Lipinski definition) is 7. The van der Waals surface area contributed by atoms with Gasteiger partial charge in [-0.2, -0.15) is 0 Å². The Labute approximate surface area is 194 Å². The summed E-state index contributed by atoms with van der Waals surface area (Å²) in [6.45, 7) is -0.912. The summed E-state index contributed by atoms with van der Waals surface area (Å²) < 4.78 is 9.93. The number of alkyl carbamates (subject to hydrolysis) is 1. The van der Waals surface area contributed by atoms with Crippen LogP contribution in [0.5, 0.6) is 0 Å². The molecule has 0 aromatic heterocycles. The van der Waals surface area contributed by atoms with Crippen LogP contribution in [0.3, 0.4) is 0 Å². The molecular formula is C25H23NO8. The molecule has 0 fully saturated rings. The van der Waals surface area contributed by atoms with Gasteiger partial charge in [-0.3, -0.25) is 9.59 Å². The summed E-state index contributed by atoms with van der Waals surface area (Å²) in [5, 5.41) is 23.1. The van der Waals surface area contributed by atoms with Crippen molar-refractivity contribution in [2.45, 2.75) is 25.2 Å². The Morgan fingerprint density at radius 3 is 2.26 bits per heavy atom. The van der Waals surface area contributed by atoms with Crippen LogP contribution in [0.15, 0.2) is 72.8 Å². The fraction of sp³-hybridized carbons (Fsp3) is 0.200. The zero-order chi connectivity index (χ0) is 24.5. The second kappa shape index (κ2) is 11.6. The smallest absolute Gasteiger partial charge is 0.408 e. The number of ketones is 1. The Kier molecular flexibility index (Phi) is 8.31. The van der Waals surface area contributed by atoms with Crippen molar-refractivity contribution in [2.24, 2.45) is 0 Å². The first-order chi connectivity index (χ1) is 16.3. The van der Waals surface area contributed by atoms with Crippen molar-refractivity contribution in [2.75, 3.05) is 6.61 Å². The minimum absolute atomic E-state index is 0.0765. The minimum Gasteiger partial charge on any atom is -0.481 e. The normalized spacial score (nSPS) is 12.4.